The molecule has 0 unspecified atom stereocenters. The Morgan fingerprint density at radius 2 is 2.11 bits per heavy atom. The number of hydrogen-bond donors (Lipinski definition) is 0. The first-order chi connectivity index (χ1) is 8.80. The first-order valence-electron chi connectivity index (χ1n) is 7.54. The van der Waals surface area contributed by atoms with Crippen LogP contribution in [0.1, 0.15) is 63.2 Å². The molecule has 0 N–H and O–H groups in total. The molecule has 1 aliphatic heterocycles. The minimum absolute atomic E-state index is 0.403. The summed E-state index contributed by atoms with van der Waals surface area (Å²) in [6.45, 7) is 4.64. The van der Waals surface area contributed by atoms with Gasteiger partial charge in [0.2, 0.25) is 0 Å². The molecule has 0 amide bonds. The lowest BCUT2D eigenvalue weighted by Crippen LogP contribution is -2.27. The fourth-order valence-corrected chi connectivity index (χ4v) is 3.73. The molecule has 18 heavy (non-hydrogen) atoms. The smallest absolute Gasteiger partial charge is 0.110 e. The minimum Gasteiger partial charge on any atom is -0.364 e. The first kappa shape index (κ1) is 12.2. The summed E-state index contributed by atoms with van der Waals surface area (Å²) in [5.41, 5.74) is 3.44. The zero-order valence-electron chi connectivity index (χ0n) is 11.6. The van der Waals surface area contributed by atoms with Crippen molar-refractivity contribution in [1.82, 2.24) is 0 Å². The van der Waals surface area contributed by atoms with E-state index in [4.69, 9.17) is 4.74 Å². The lowest BCUT2D eigenvalue weighted by molar-refractivity contribution is 0.153. The van der Waals surface area contributed by atoms with Crippen molar-refractivity contribution < 1.29 is 4.74 Å². The predicted molar refractivity (Wildman–Crippen MR) is 74.6 cm³/mol. The van der Waals surface area contributed by atoms with Crippen LogP contribution >= 0.6 is 0 Å². The van der Waals surface area contributed by atoms with Crippen molar-refractivity contribution in [1.29, 1.82) is 0 Å². The Morgan fingerprint density at radius 3 is 2.89 bits per heavy atom. The van der Waals surface area contributed by atoms with Crippen molar-refractivity contribution in [2.75, 3.05) is 0 Å². The molecule has 1 heterocycles. The van der Waals surface area contributed by atoms with Crippen molar-refractivity contribution in [3.63, 3.8) is 0 Å². The van der Waals surface area contributed by atoms with Crippen LogP contribution in [0.15, 0.2) is 24.3 Å². The number of rotatable bonds is 4. The third kappa shape index (κ3) is 1.89. The fraction of sp³-hybridized carbons (Fsp3) is 0.647. The van der Waals surface area contributed by atoms with Crippen LogP contribution in [0.3, 0.4) is 0 Å². The summed E-state index contributed by atoms with van der Waals surface area (Å²) in [4.78, 5) is 0. The normalized spacial score (nSPS) is 33.4. The zero-order chi connectivity index (χ0) is 12.6. The lowest BCUT2D eigenvalue weighted by Gasteiger charge is -2.31. The monoisotopic (exact) mass is 244 g/mol. The van der Waals surface area contributed by atoms with Gasteiger partial charge in [-0.2, -0.15) is 0 Å². The maximum absolute atomic E-state index is 6.09. The topological polar surface area (TPSA) is 12.5 Å². The Bertz CT molecular complexity index is 425. The second-order valence-corrected chi connectivity index (χ2v) is 6.00. The highest BCUT2D eigenvalue weighted by atomic mass is 16.6. The van der Waals surface area contributed by atoms with Gasteiger partial charge >= 0.3 is 0 Å². The number of benzene rings is 1. The molecule has 1 nitrogen and oxygen atoms in total. The van der Waals surface area contributed by atoms with Gasteiger partial charge in [0.1, 0.15) is 6.10 Å². The van der Waals surface area contributed by atoms with Gasteiger partial charge < -0.3 is 4.74 Å². The van der Waals surface area contributed by atoms with E-state index in [-0.39, 0.29) is 0 Å². The molecule has 0 bridgehead atoms. The predicted octanol–water partition coefficient (Wildman–Crippen LogP) is 4.66. The van der Waals surface area contributed by atoms with Crippen LogP contribution in [0, 0.1) is 5.41 Å². The number of unbranched alkanes of at least 4 members (excludes halogenated alkanes) is 1. The summed E-state index contributed by atoms with van der Waals surface area (Å²) in [5.74, 6) is 0. The quantitative estimate of drug-likeness (QED) is 0.702. The van der Waals surface area contributed by atoms with Gasteiger partial charge in [0.25, 0.3) is 0 Å². The van der Waals surface area contributed by atoms with E-state index in [1.165, 1.54) is 49.7 Å². The van der Waals surface area contributed by atoms with Crippen molar-refractivity contribution >= 4 is 0 Å². The van der Waals surface area contributed by atoms with Gasteiger partial charge in [0.15, 0.2) is 0 Å². The Morgan fingerprint density at radius 1 is 1.28 bits per heavy atom. The van der Waals surface area contributed by atoms with E-state index in [9.17, 15) is 0 Å². The van der Waals surface area contributed by atoms with E-state index in [1.807, 2.05) is 0 Å². The molecule has 1 heteroatoms. The maximum Gasteiger partial charge on any atom is 0.110 e. The molecule has 3 rings (SSSR count). The summed E-state index contributed by atoms with van der Waals surface area (Å²) in [7, 11) is 0. The van der Waals surface area contributed by atoms with Gasteiger partial charge in [0, 0.05) is 0 Å². The van der Waals surface area contributed by atoms with Crippen molar-refractivity contribution in [3.8, 4) is 0 Å². The minimum atomic E-state index is 0.403. The number of fused-ring (bicyclic) bond motifs is 3. The molecule has 98 valence electrons. The SMILES string of the molecule is CCCC[C@]1(CC)CCc2ccccc2[C@@H]2O[C@@H]21. The van der Waals surface area contributed by atoms with Crippen molar-refractivity contribution in [2.45, 2.75) is 64.6 Å². The van der Waals surface area contributed by atoms with Gasteiger partial charge in [-0.3, -0.25) is 0 Å². The Labute approximate surface area is 111 Å². The Balaban J connectivity index is 1.87. The first-order valence-corrected chi connectivity index (χ1v) is 7.54. The molecule has 1 aliphatic carbocycles. The van der Waals surface area contributed by atoms with E-state index in [2.05, 4.69) is 38.1 Å². The summed E-state index contributed by atoms with van der Waals surface area (Å²) >= 11 is 0. The van der Waals surface area contributed by atoms with Gasteiger partial charge in [-0.1, -0.05) is 51.0 Å². The van der Waals surface area contributed by atoms with E-state index in [0.29, 0.717) is 17.6 Å². The third-order valence-electron chi connectivity index (χ3n) is 5.08. The highest BCUT2D eigenvalue weighted by Crippen LogP contribution is 2.57. The molecule has 1 saturated heterocycles. The second-order valence-electron chi connectivity index (χ2n) is 6.00. The third-order valence-corrected chi connectivity index (χ3v) is 5.08. The number of aryl methyl sites for hydroxylation is 1. The lowest BCUT2D eigenvalue weighted by atomic mass is 9.73. The Kier molecular flexibility index (Phi) is 3.19. The largest absolute Gasteiger partial charge is 0.364 e. The van der Waals surface area contributed by atoms with Crippen LogP contribution < -0.4 is 0 Å². The van der Waals surface area contributed by atoms with Crippen LogP contribution in [0.5, 0.6) is 0 Å². The van der Waals surface area contributed by atoms with E-state index >= 15 is 0 Å². The van der Waals surface area contributed by atoms with E-state index in [1.54, 1.807) is 0 Å². The molecule has 2 aliphatic rings. The van der Waals surface area contributed by atoms with E-state index in [0.717, 1.165) is 0 Å². The van der Waals surface area contributed by atoms with Crippen LogP contribution in [0.2, 0.25) is 0 Å². The fourth-order valence-electron chi connectivity index (χ4n) is 3.73. The van der Waals surface area contributed by atoms with Crippen LogP contribution in [0.25, 0.3) is 0 Å². The molecule has 0 radical (unpaired) electrons. The Hall–Kier alpha value is -0.820. The highest BCUT2D eigenvalue weighted by Gasteiger charge is 2.55. The maximum atomic E-state index is 6.09. The molecular formula is C17H24O. The average Bonchev–Trinajstić information content (AvgIpc) is 3.20. The highest BCUT2D eigenvalue weighted by molar-refractivity contribution is 5.35. The van der Waals surface area contributed by atoms with Crippen LogP contribution in [-0.4, -0.2) is 6.10 Å². The second kappa shape index (κ2) is 4.70. The van der Waals surface area contributed by atoms with Crippen molar-refractivity contribution in [3.05, 3.63) is 35.4 Å². The van der Waals surface area contributed by atoms with Gasteiger partial charge in [-0.15, -0.1) is 0 Å². The molecule has 1 fully saturated rings. The van der Waals surface area contributed by atoms with Crippen LogP contribution in [-0.2, 0) is 11.2 Å². The van der Waals surface area contributed by atoms with Gasteiger partial charge in [-0.25, -0.2) is 0 Å². The molecule has 1 aromatic carbocycles. The molecule has 0 spiro atoms. The summed E-state index contributed by atoms with van der Waals surface area (Å²) in [5, 5.41) is 0. The summed E-state index contributed by atoms with van der Waals surface area (Å²) in [6.07, 6.45) is 8.70. The van der Waals surface area contributed by atoms with E-state index < -0.39 is 0 Å². The number of ether oxygens (including phenoxy) is 1. The van der Waals surface area contributed by atoms with Crippen LogP contribution in [0.4, 0.5) is 0 Å². The zero-order valence-corrected chi connectivity index (χ0v) is 11.6. The molecule has 0 saturated carbocycles. The van der Waals surface area contributed by atoms with Gasteiger partial charge in [0.05, 0.1) is 6.10 Å². The molecule has 0 aromatic heterocycles. The summed E-state index contributed by atoms with van der Waals surface area (Å²) in [6, 6.07) is 8.88. The van der Waals surface area contributed by atoms with Crippen molar-refractivity contribution in [2.24, 2.45) is 5.41 Å². The molecule has 3 atom stereocenters. The molecule has 1 aromatic rings. The number of epoxide rings is 1. The molecular weight excluding hydrogens is 220 g/mol. The standard InChI is InChI=1S/C17H24O/c1-3-5-11-17(4-2)12-10-13-8-6-7-9-14(13)15-16(17)18-15/h6-9,15-16H,3-5,10-12H2,1-2H3/t15-,16-,17+/m0/s1. The number of hydrogen-bond acceptors (Lipinski definition) is 1. The summed E-state index contributed by atoms with van der Waals surface area (Å²) < 4.78 is 6.09. The average molecular weight is 244 g/mol. The van der Waals surface area contributed by atoms with Gasteiger partial charge in [-0.05, 0) is 42.2 Å².